The van der Waals surface area contributed by atoms with Gasteiger partial charge in [0.05, 0.1) is 30.4 Å². The van der Waals surface area contributed by atoms with Crippen molar-refractivity contribution < 1.29 is 19.5 Å². The van der Waals surface area contributed by atoms with Gasteiger partial charge in [0.1, 0.15) is 17.6 Å². The van der Waals surface area contributed by atoms with Crippen molar-refractivity contribution >= 4 is 28.6 Å². The number of carbonyl (C=O) groups excluding carboxylic acids is 1. The Morgan fingerprint density at radius 1 is 1.03 bits per heavy atom. The number of nitrogens with one attached hydrogen (secondary N) is 1. The molecule has 0 amide bonds. The summed E-state index contributed by atoms with van der Waals surface area (Å²) in [7, 11) is 0. The molecule has 0 saturated heterocycles. The number of hydrogen-bond donors (Lipinski definition) is 3. The summed E-state index contributed by atoms with van der Waals surface area (Å²) in [6, 6.07) is 9.24. The molecule has 2 aliphatic rings. The van der Waals surface area contributed by atoms with Crippen molar-refractivity contribution in [2.45, 2.75) is 33.7 Å². The van der Waals surface area contributed by atoms with Gasteiger partial charge in [0.15, 0.2) is 0 Å². The molecule has 7 nitrogen and oxygen atoms in total. The third kappa shape index (κ3) is 4.39. The number of anilines is 3. The number of nitrogen functional groups attached to an aromatic ring is 2. The summed E-state index contributed by atoms with van der Waals surface area (Å²) >= 11 is 0. The molecule has 0 spiro atoms. The van der Waals surface area contributed by atoms with Crippen molar-refractivity contribution in [2.24, 2.45) is 0 Å². The van der Waals surface area contributed by atoms with Gasteiger partial charge >= 0.3 is 0 Å². The zero-order valence-corrected chi connectivity index (χ0v) is 20.9. The van der Waals surface area contributed by atoms with Gasteiger partial charge in [0.2, 0.25) is 0 Å². The fourth-order valence-electron chi connectivity index (χ4n) is 5.01. The number of rotatable bonds is 8. The number of allylic oxidation sites excluding steroid dienone is 1. The molecule has 0 radical (unpaired) electrons. The van der Waals surface area contributed by atoms with Crippen LogP contribution in [0.3, 0.4) is 0 Å². The Hall–Kier alpha value is -3.71. The molecule has 1 aliphatic carbocycles. The normalized spacial score (nSPS) is 16.5. The van der Waals surface area contributed by atoms with Crippen molar-refractivity contribution in [1.29, 1.82) is 0 Å². The fraction of sp³-hybridized carbons (Fsp3) is 0.321. The van der Waals surface area contributed by atoms with Crippen molar-refractivity contribution in [2.75, 3.05) is 42.5 Å². The maximum atomic E-state index is 12.2. The molecule has 0 saturated carbocycles. The van der Waals surface area contributed by atoms with E-state index >= 15 is 0 Å². The van der Waals surface area contributed by atoms with Crippen molar-refractivity contribution in [1.82, 2.24) is 0 Å². The van der Waals surface area contributed by atoms with Gasteiger partial charge < -0.3 is 35.9 Å². The van der Waals surface area contributed by atoms with Crippen LogP contribution in [0.1, 0.15) is 49.2 Å². The Morgan fingerprint density at radius 2 is 1.71 bits per heavy atom. The molecule has 7 heteroatoms. The summed E-state index contributed by atoms with van der Waals surface area (Å²) in [4.78, 5) is 15.8. The lowest BCUT2D eigenvalue weighted by Gasteiger charge is -2.32. The Morgan fingerprint density at radius 3 is 2.34 bits per heavy atom. The van der Waals surface area contributed by atoms with Crippen LogP contribution in [0.2, 0.25) is 0 Å². The topological polar surface area (TPSA) is 109 Å². The Labute approximate surface area is 207 Å². The van der Waals surface area contributed by atoms with E-state index in [9.17, 15) is 9.90 Å². The van der Waals surface area contributed by atoms with Crippen molar-refractivity contribution in [3.63, 3.8) is 0 Å². The number of likely N-dealkylation sites (N-methyl/N-ethyl adjacent to an activating group) is 1. The molecular formula is C28H34N4O3. The monoisotopic (exact) mass is 474 g/mol. The Bertz CT molecular complexity index is 1240. The number of carbonyl (C=O) groups is 1. The van der Waals surface area contributed by atoms with E-state index in [-0.39, 0.29) is 17.3 Å². The predicted molar refractivity (Wildman–Crippen MR) is 139 cm³/mol. The number of nitrogens with zero attached hydrogens (tertiary/aromatic N) is 1. The molecule has 4 rings (SSSR count). The van der Waals surface area contributed by atoms with E-state index < -0.39 is 5.97 Å². The largest absolute Gasteiger partial charge is 0.545 e. The van der Waals surface area contributed by atoms with E-state index in [2.05, 4.69) is 50.8 Å². The van der Waals surface area contributed by atoms with Gasteiger partial charge in [-0.3, -0.25) is 0 Å². The lowest BCUT2D eigenvalue weighted by Crippen LogP contribution is -3.14. The van der Waals surface area contributed by atoms with Crippen LogP contribution in [-0.2, 0) is 0 Å². The minimum Gasteiger partial charge on any atom is -0.545 e. The van der Waals surface area contributed by atoms with E-state index in [1.54, 1.807) is 6.07 Å². The van der Waals surface area contributed by atoms with Gasteiger partial charge in [0, 0.05) is 47.1 Å². The summed E-state index contributed by atoms with van der Waals surface area (Å²) in [5.74, 6) is 0.0902. The van der Waals surface area contributed by atoms with Gasteiger partial charge in [-0.25, -0.2) is 0 Å². The first-order valence-corrected chi connectivity index (χ1v) is 12.3. The molecule has 35 heavy (non-hydrogen) atoms. The van der Waals surface area contributed by atoms with Crippen LogP contribution in [-0.4, -0.2) is 38.2 Å². The molecule has 1 aliphatic heterocycles. The van der Waals surface area contributed by atoms with Crippen LogP contribution in [0.5, 0.6) is 5.75 Å². The number of carboxylic acids is 1. The number of aromatic carboxylic acids is 1. The van der Waals surface area contributed by atoms with Crippen LogP contribution >= 0.6 is 0 Å². The van der Waals surface area contributed by atoms with Crippen molar-refractivity contribution in [3.8, 4) is 5.75 Å². The summed E-state index contributed by atoms with van der Waals surface area (Å²) in [6.45, 7) is 12.2. The highest BCUT2D eigenvalue weighted by atomic mass is 16.5. The molecule has 0 bridgehead atoms. The maximum Gasteiger partial charge on any atom is 0.137 e. The average Bonchev–Trinajstić information content (AvgIpc) is 2.85. The highest BCUT2D eigenvalue weighted by molar-refractivity contribution is 6.02. The summed E-state index contributed by atoms with van der Waals surface area (Å²) in [6.07, 6.45) is 6.32. The quantitative estimate of drug-likeness (QED) is 0.505. The predicted octanol–water partition coefficient (Wildman–Crippen LogP) is 2.00. The first-order chi connectivity index (χ1) is 16.8. The summed E-state index contributed by atoms with van der Waals surface area (Å²) in [5, 5.41) is 12.2. The van der Waals surface area contributed by atoms with Crippen LogP contribution in [0.4, 0.5) is 17.1 Å². The second-order valence-corrected chi connectivity index (χ2v) is 8.84. The third-order valence-corrected chi connectivity index (χ3v) is 7.01. The maximum absolute atomic E-state index is 12.2. The minimum atomic E-state index is -1.30. The fourth-order valence-corrected chi connectivity index (χ4v) is 5.01. The van der Waals surface area contributed by atoms with Crippen LogP contribution in [0.15, 0.2) is 59.9 Å². The number of carboxylic acid groups (broad SMARTS) is 1. The smallest absolute Gasteiger partial charge is 0.137 e. The standard InChI is InChI=1S/C28H34N4O3/c1-5-31(6-2)17-10-12-25-22(13-17)27(20-15-23(29)24(30)16-21(20)28(33)34)19-11-9-18(14-26(19)35-25)32(7-3)8-4/h9-16,18H,5-8,29-30H2,1-4H3,(H,33,34). The van der Waals surface area contributed by atoms with E-state index in [0.717, 1.165) is 54.3 Å². The first-order valence-electron chi connectivity index (χ1n) is 12.3. The molecule has 1 heterocycles. The number of hydrogen-bond acceptors (Lipinski definition) is 6. The highest BCUT2D eigenvalue weighted by Gasteiger charge is 2.31. The van der Waals surface area contributed by atoms with Crippen LogP contribution in [0.25, 0.3) is 5.57 Å². The Balaban J connectivity index is 2.00. The highest BCUT2D eigenvalue weighted by Crippen LogP contribution is 2.46. The van der Waals surface area contributed by atoms with Gasteiger partial charge in [-0.15, -0.1) is 0 Å². The minimum absolute atomic E-state index is 0.00420. The lowest BCUT2D eigenvalue weighted by atomic mass is 9.84. The number of ether oxygens (including phenoxy) is 1. The second-order valence-electron chi connectivity index (χ2n) is 8.84. The molecule has 0 aromatic heterocycles. The Kier molecular flexibility index (Phi) is 6.89. The van der Waals surface area contributed by atoms with Gasteiger partial charge in [-0.1, -0.05) is 0 Å². The van der Waals surface area contributed by atoms with Gasteiger partial charge in [-0.05, 0) is 75.7 Å². The lowest BCUT2D eigenvalue weighted by molar-refractivity contribution is -0.908. The van der Waals surface area contributed by atoms with E-state index in [4.69, 9.17) is 16.2 Å². The van der Waals surface area contributed by atoms with E-state index in [1.165, 1.54) is 11.0 Å². The molecule has 1 unspecified atom stereocenters. The molecule has 184 valence electrons. The first kappa shape index (κ1) is 24.4. The van der Waals surface area contributed by atoms with E-state index in [1.807, 2.05) is 18.2 Å². The van der Waals surface area contributed by atoms with Crippen molar-refractivity contribution in [3.05, 3.63) is 76.6 Å². The third-order valence-electron chi connectivity index (χ3n) is 7.01. The average molecular weight is 475 g/mol. The molecule has 5 N–H and O–H groups in total. The summed E-state index contributed by atoms with van der Waals surface area (Å²) in [5.41, 5.74) is 16.6. The van der Waals surface area contributed by atoms with Crippen LogP contribution in [0, 0.1) is 0 Å². The number of quaternary nitrogens is 1. The summed E-state index contributed by atoms with van der Waals surface area (Å²) < 4.78 is 6.41. The molecular weight excluding hydrogens is 440 g/mol. The molecule has 1 atom stereocenters. The molecule has 0 fully saturated rings. The van der Waals surface area contributed by atoms with Gasteiger partial charge in [-0.2, -0.15) is 0 Å². The number of nitrogens with two attached hydrogens (primary N) is 2. The van der Waals surface area contributed by atoms with Crippen LogP contribution < -0.4 is 31.1 Å². The zero-order chi connectivity index (χ0) is 25.3. The number of benzene rings is 2. The molecule has 2 aromatic carbocycles. The molecule has 2 aromatic rings. The second kappa shape index (κ2) is 9.88. The SMILES string of the molecule is CCN(CC)c1ccc2c(c1)C(c1cc(N)c(N)cc1C(=O)[O-])=C1C=CC([NH+](CC)CC)C=C1O2. The van der Waals surface area contributed by atoms with Gasteiger partial charge in [0.25, 0.3) is 0 Å². The van der Waals surface area contributed by atoms with E-state index in [0.29, 0.717) is 17.0 Å². The zero-order valence-electron chi connectivity index (χ0n) is 20.9. The number of fused-ring (bicyclic) bond motifs is 2.